The highest BCUT2D eigenvalue weighted by Gasteiger charge is 2.35. The molecule has 7 nitrogen and oxygen atoms in total. The molecule has 36 heavy (non-hydrogen) atoms. The Morgan fingerprint density at radius 2 is 1.67 bits per heavy atom. The van der Waals surface area contributed by atoms with Gasteiger partial charge in [0.25, 0.3) is 0 Å². The van der Waals surface area contributed by atoms with E-state index in [-0.39, 0.29) is 5.88 Å². The summed E-state index contributed by atoms with van der Waals surface area (Å²) in [5.74, 6) is 1.53. The summed E-state index contributed by atoms with van der Waals surface area (Å²) >= 11 is 0. The van der Waals surface area contributed by atoms with Crippen molar-refractivity contribution in [3.05, 3.63) is 107 Å². The third kappa shape index (κ3) is 4.62. The number of aromatic amines is 1. The van der Waals surface area contributed by atoms with Crippen LogP contribution in [-0.4, -0.2) is 16.8 Å². The number of allylic oxidation sites excluding steroid dienone is 1. The Morgan fingerprint density at radius 3 is 2.36 bits per heavy atom. The van der Waals surface area contributed by atoms with Crippen LogP contribution in [0, 0.1) is 11.3 Å². The van der Waals surface area contributed by atoms with Crippen molar-refractivity contribution in [3.8, 4) is 34.7 Å². The van der Waals surface area contributed by atoms with Crippen molar-refractivity contribution in [3.63, 3.8) is 0 Å². The Morgan fingerprint density at radius 1 is 0.972 bits per heavy atom. The predicted octanol–water partition coefficient (Wildman–Crippen LogP) is 5.66. The lowest BCUT2D eigenvalue weighted by Gasteiger charge is -2.24. The van der Waals surface area contributed by atoms with Gasteiger partial charge in [-0.3, -0.25) is 5.10 Å². The fraction of sp³-hybridized carbons (Fsp3) is 0.172. The zero-order valence-electron chi connectivity index (χ0n) is 19.9. The number of hydrogen-bond donors (Lipinski definition) is 2. The minimum absolute atomic E-state index is 0.0593. The highest BCUT2D eigenvalue weighted by molar-refractivity contribution is 5.71. The van der Waals surface area contributed by atoms with E-state index >= 15 is 0 Å². The van der Waals surface area contributed by atoms with E-state index in [1.54, 1.807) is 0 Å². The number of rotatable bonds is 8. The van der Waals surface area contributed by atoms with Gasteiger partial charge in [-0.1, -0.05) is 49.4 Å². The topological polar surface area (TPSA) is 106 Å². The molecule has 0 aliphatic carbocycles. The van der Waals surface area contributed by atoms with Gasteiger partial charge >= 0.3 is 0 Å². The van der Waals surface area contributed by atoms with E-state index in [9.17, 15) is 5.26 Å². The van der Waals surface area contributed by atoms with Crippen molar-refractivity contribution < 1.29 is 14.2 Å². The Bertz CT molecular complexity index is 1400. The highest BCUT2D eigenvalue weighted by Crippen LogP contribution is 2.46. The van der Waals surface area contributed by atoms with E-state index < -0.39 is 5.92 Å². The van der Waals surface area contributed by atoms with E-state index in [0.717, 1.165) is 45.9 Å². The molecule has 5 rings (SSSR count). The number of hydrogen-bond acceptors (Lipinski definition) is 6. The van der Waals surface area contributed by atoms with Gasteiger partial charge in [-0.25, -0.2) is 0 Å². The van der Waals surface area contributed by atoms with Gasteiger partial charge in [0.15, 0.2) is 0 Å². The molecular formula is C29H26N4O3. The molecule has 1 aromatic heterocycles. The molecule has 1 aliphatic heterocycles. The SMILES string of the molecule is CCCOc1ccc(C2C(C#N)=C(N)Oc3n[nH]c(-c4ccc(OCc5ccccc5)cc4)c32)cc1. The number of nitrogens with zero attached hydrogens (tertiary/aromatic N) is 2. The molecule has 2 heterocycles. The molecule has 3 aromatic carbocycles. The van der Waals surface area contributed by atoms with Crippen LogP contribution in [0.15, 0.2) is 90.3 Å². The molecule has 1 atom stereocenters. The van der Waals surface area contributed by atoms with Gasteiger partial charge in [0.1, 0.15) is 29.7 Å². The number of ether oxygens (including phenoxy) is 3. The van der Waals surface area contributed by atoms with Gasteiger partial charge in [-0.15, -0.1) is 5.10 Å². The van der Waals surface area contributed by atoms with Crippen LogP contribution in [0.5, 0.6) is 17.4 Å². The van der Waals surface area contributed by atoms with Crippen LogP contribution in [0.3, 0.4) is 0 Å². The lowest BCUT2D eigenvalue weighted by atomic mass is 9.83. The summed E-state index contributed by atoms with van der Waals surface area (Å²) in [7, 11) is 0. The molecule has 7 heteroatoms. The van der Waals surface area contributed by atoms with E-state index in [0.29, 0.717) is 24.7 Å². The van der Waals surface area contributed by atoms with Crippen molar-refractivity contribution >= 4 is 0 Å². The smallest absolute Gasteiger partial charge is 0.244 e. The van der Waals surface area contributed by atoms with Crippen LogP contribution in [-0.2, 0) is 6.61 Å². The number of nitrogens with one attached hydrogen (secondary N) is 1. The maximum Gasteiger partial charge on any atom is 0.244 e. The summed E-state index contributed by atoms with van der Waals surface area (Å²) < 4.78 is 17.4. The molecule has 1 aliphatic rings. The van der Waals surface area contributed by atoms with E-state index in [2.05, 4.69) is 23.2 Å². The number of fused-ring (bicyclic) bond motifs is 1. The number of nitriles is 1. The average Bonchev–Trinajstić information content (AvgIpc) is 3.34. The third-order valence-electron chi connectivity index (χ3n) is 6.02. The molecule has 0 bridgehead atoms. The summed E-state index contributed by atoms with van der Waals surface area (Å²) in [6, 6.07) is 27.7. The minimum atomic E-state index is -0.429. The van der Waals surface area contributed by atoms with Crippen molar-refractivity contribution in [1.29, 1.82) is 5.26 Å². The fourth-order valence-electron chi connectivity index (χ4n) is 4.23. The Kier molecular flexibility index (Phi) is 6.59. The summed E-state index contributed by atoms with van der Waals surface area (Å²) in [4.78, 5) is 0. The lowest BCUT2D eigenvalue weighted by molar-refractivity contribution is 0.306. The summed E-state index contributed by atoms with van der Waals surface area (Å²) in [5.41, 5.74) is 10.9. The molecule has 0 fully saturated rings. The Hall–Kier alpha value is -4.70. The third-order valence-corrected chi connectivity index (χ3v) is 6.02. The zero-order valence-corrected chi connectivity index (χ0v) is 19.9. The normalized spacial score (nSPS) is 14.5. The van der Waals surface area contributed by atoms with Crippen LogP contribution in [0.25, 0.3) is 11.3 Å². The van der Waals surface area contributed by atoms with Gasteiger partial charge < -0.3 is 19.9 Å². The molecular weight excluding hydrogens is 452 g/mol. The van der Waals surface area contributed by atoms with Gasteiger partial charge in [-0.2, -0.15) is 5.26 Å². The standard InChI is InChI=1S/C29H26N4O3/c1-2-16-34-22-12-8-20(9-13-22)25-24(17-30)28(31)36-29-26(25)27(32-33-29)21-10-14-23(15-11-21)35-18-19-6-4-3-5-7-19/h3-15,25H,2,16,18,31H2,1H3,(H,32,33). The number of aromatic nitrogens is 2. The van der Waals surface area contributed by atoms with Crippen molar-refractivity contribution in [1.82, 2.24) is 10.2 Å². The molecule has 0 spiro atoms. The quantitative estimate of drug-likeness (QED) is 0.338. The predicted molar refractivity (Wildman–Crippen MR) is 136 cm³/mol. The first-order valence-electron chi connectivity index (χ1n) is 11.8. The molecule has 0 saturated carbocycles. The van der Waals surface area contributed by atoms with Crippen LogP contribution in [0.4, 0.5) is 0 Å². The Balaban J connectivity index is 1.45. The second-order valence-corrected chi connectivity index (χ2v) is 8.46. The first kappa shape index (κ1) is 23.1. The second-order valence-electron chi connectivity index (χ2n) is 8.46. The lowest BCUT2D eigenvalue weighted by Crippen LogP contribution is -2.21. The van der Waals surface area contributed by atoms with Gasteiger partial charge in [0.05, 0.1) is 23.8 Å². The van der Waals surface area contributed by atoms with E-state index in [4.69, 9.17) is 19.9 Å². The molecule has 180 valence electrons. The van der Waals surface area contributed by atoms with Crippen LogP contribution >= 0.6 is 0 Å². The first-order valence-corrected chi connectivity index (χ1v) is 11.8. The number of nitrogens with two attached hydrogens (primary N) is 1. The molecule has 0 radical (unpaired) electrons. The van der Waals surface area contributed by atoms with Crippen LogP contribution in [0.1, 0.15) is 36.0 Å². The highest BCUT2D eigenvalue weighted by atomic mass is 16.5. The number of benzene rings is 3. The molecule has 1 unspecified atom stereocenters. The van der Waals surface area contributed by atoms with Gasteiger partial charge in [-0.05, 0) is 53.9 Å². The maximum atomic E-state index is 9.94. The van der Waals surface area contributed by atoms with Crippen LogP contribution < -0.4 is 19.9 Å². The van der Waals surface area contributed by atoms with Crippen molar-refractivity contribution in [2.75, 3.05) is 6.61 Å². The average molecular weight is 479 g/mol. The summed E-state index contributed by atoms with van der Waals surface area (Å²) in [6.45, 7) is 3.20. The maximum absolute atomic E-state index is 9.94. The molecule has 3 N–H and O–H groups in total. The van der Waals surface area contributed by atoms with Crippen LogP contribution in [0.2, 0.25) is 0 Å². The molecule has 0 saturated heterocycles. The monoisotopic (exact) mass is 478 g/mol. The van der Waals surface area contributed by atoms with E-state index in [1.165, 1.54) is 0 Å². The minimum Gasteiger partial charge on any atom is -0.494 e. The van der Waals surface area contributed by atoms with Gasteiger partial charge in [0.2, 0.25) is 11.8 Å². The zero-order chi connectivity index (χ0) is 24.9. The van der Waals surface area contributed by atoms with Crippen molar-refractivity contribution in [2.45, 2.75) is 25.9 Å². The Labute approximate surface area is 209 Å². The summed E-state index contributed by atoms with van der Waals surface area (Å²) in [6.07, 6.45) is 0.928. The van der Waals surface area contributed by atoms with E-state index in [1.807, 2.05) is 78.9 Å². The summed E-state index contributed by atoms with van der Waals surface area (Å²) in [5, 5.41) is 17.4. The number of H-pyrrole nitrogens is 1. The molecule has 0 amide bonds. The molecule has 4 aromatic rings. The largest absolute Gasteiger partial charge is 0.494 e. The first-order chi connectivity index (χ1) is 17.7. The van der Waals surface area contributed by atoms with Crippen molar-refractivity contribution in [2.24, 2.45) is 5.73 Å². The second kappa shape index (κ2) is 10.3. The van der Waals surface area contributed by atoms with Gasteiger partial charge in [0, 0.05) is 5.56 Å². The fourth-order valence-corrected chi connectivity index (χ4v) is 4.23.